The molecule has 0 aromatic carbocycles. The first-order chi connectivity index (χ1) is 9.29. The van der Waals surface area contributed by atoms with Crippen molar-refractivity contribution < 1.29 is 27.3 Å². The fourth-order valence-electron chi connectivity index (χ4n) is 1.59. The summed E-state index contributed by atoms with van der Waals surface area (Å²) in [6.07, 6.45) is 0. The van der Waals surface area contributed by atoms with Gasteiger partial charge in [0.05, 0.1) is 12.2 Å². The minimum absolute atomic E-state index is 0.00577. The Labute approximate surface area is 114 Å². The van der Waals surface area contributed by atoms with Gasteiger partial charge in [0.15, 0.2) is 0 Å². The van der Waals surface area contributed by atoms with E-state index >= 15 is 0 Å². The van der Waals surface area contributed by atoms with Crippen LogP contribution in [0.25, 0.3) is 0 Å². The molecule has 108 valence electrons. The molecule has 0 saturated carbocycles. The zero-order chi connectivity index (χ0) is 14.9. The number of aromatic nitrogens is 1. The third-order valence-corrected chi connectivity index (χ3v) is 4.00. The summed E-state index contributed by atoms with van der Waals surface area (Å²) < 4.78 is 36.1. The Morgan fingerprint density at radius 3 is 2.60 bits per heavy atom. The molecule has 8 nitrogen and oxygen atoms in total. The molecule has 0 aliphatic rings. The van der Waals surface area contributed by atoms with Gasteiger partial charge in [0.1, 0.15) is 16.4 Å². The van der Waals surface area contributed by atoms with Crippen LogP contribution in [0.4, 0.5) is 0 Å². The van der Waals surface area contributed by atoms with E-state index in [0.29, 0.717) is 11.5 Å². The molecule has 0 amide bonds. The Kier molecular flexibility index (Phi) is 3.64. The Morgan fingerprint density at radius 1 is 1.40 bits per heavy atom. The lowest BCUT2D eigenvalue weighted by atomic mass is 10.4. The van der Waals surface area contributed by atoms with Gasteiger partial charge in [-0.05, 0) is 13.8 Å². The lowest BCUT2D eigenvalue weighted by molar-refractivity contribution is 0.0661. The van der Waals surface area contributed by atoms with Crippen LogP contribution in [0.2, 0.25) is 0 Å². The summed E-state index contributed by atoms with van der Waals surface area (Å²) >= 11 is 0. The Bertz CT molecular complexity index is 743. The summed E-state index contributed by atoms with van der Waals surface area (Å²) in [5, 5.41) is 12.4. The smallest absolute Gasteiger partial charge is 0.371 e. The van der Waals surface area contributed by atoms with Crippen LogP contribution in [-0.4, -0.2) is 24.7 Å². The average Bonchev–Trinajstić information content (AvgIpc) is 2.93. The highest BCUT2D eigenvalue weighted by atomic mass is 32.2. The molecule has 2 heterocycles. The molecule has 0 aliphatic heterocycles. The molecule has 0 unspecified atom stereocenters. The number of furan rings is 1. The van der Waals surface area contributed by atoms with Crippen molar-refractivity contribution in [3.05, 3.63) is 35.1 Å². The van der Waals surface area contributed by atoms with Crippen LogP contribution in [0.3, 0.4) is 0 Å². The number of nitrogens with one attached hydrogen (secondary N) is 1. The van der Waals surface area contributed by atoms with E-state index in [1.807, 2.05) is 0 Å². The predicted molar refractivity (Wildman–Crippen MR) is 65.7 cm³/mol. The second-order valence-electron chi connectivity index (χ2n) is 4.09. The predicted octanol–water partition coefficient (Wildman–Crippen LogP) is 1.06. The summed E-state index contributed by atoms with van der Waals surface area (Å²) in [7, 11) is -3.88. The number of carbonyl (C=O) groups is 1. The van der Waals surface area contributed by atoms with Gasteiger partial charge in [-0.3, -0.25) is 0 Å². The molecule has 0 fully saturated rings. The molecule has 2 N–H and O–H groups in total. The number of carboxylic acid groups (broad SMARTS) is 1. The lowest BCUT2D eigenvalue weighted by Crippen LogP contribution is -2.23. The van der Waals surface area contributed by atoms with Gasteiger partial charge in [-0.15, -0.1) is 0 Å². The Hall–Kier alpha value is -2.13. The highest BCUT2D eigenvalue weighted by Crippen LogP contribution is 2.20. The van der Waals surface area contributed by atoms with E-state index in [0.717, 1.165) is 6.07 Å². The van der Waals surface area contributed by atoms with Crippen molar-refractivity contribution in [2.75, 3.05) is 0 Å². The molecule has 0 aliphatic carbocycles. The molecular weight excluding hydrogens is 288 g/mol. The Morgan fingerprint density at radius 2 is 2.10 bits per heavy atom. The number of rotatable bonds is 5. The van der Waals surface area contributed by atoms with E-state index in [4.69, 9.17) is 14.0 Å². The first-order valence-corrected chi connectivity index (χ1v) is 7.03. The topological polar surface area (TPSA) is 123 Å². The highest BCUT2D eigenvalue weighted by Gasteiger charge is 2.23. The van der Waals surface area contributed by atoms with E-state index in [-0.39, 0.29) is 17.2 Å². The molecule has 0 radical (unpaired) electrons. The number of hydrogen-bond donors (Lipinski definition) is 2. The van der Waals surface area contributed by atoms with Crippen molar-refractivity contribution in [3.8, 4) is 0 Å². The van der Waals surface area contributed by atoms with Crippen molar-refractivity contribution in [2.24, 2.45) is 0 Å². The summed E-state index contributed by atoms with van der Waals surface area (Å²) in [6.45, 7) is 3.00. The molecule has 9 heteroatoms. The first-order valence-electron chi connectivity index (χ1n) is 5.55. The van der Waals surface area contributed by atoms with Crippen molar-refractivity contribution in [1.82, 2.24) is 9.88 Å². The highest BCUT2D eigenvalue weighted by molar-refractivity contribution is 7.89. The summed E-state index contributed by atoms with van der Waals surface area (Å²) in [4.78, 5) is 10.5. The number of aromatic carboxylic acids is 1. The molecule has 2 aromatic heterocycles. The van der Waals surface area contributed by atoms with Crippen LogP contribution >= 0.6 is 0 Å². The van der Waals surface area contributed by atoms with Crippen molar-refractivity contribution in [2.45, 2.75) is 25.3 Å². The second kappa shape index (κ2) is 5.10. The van der Waals surface area contributed by atoms with Crippen LogP contribution in [0.1, 0.15) is 27.8 Å². The molecule has 0 spiro atoms. The monoisotopic (exact) mass is 300 g/mol. The lowest BCUT2D eigenvalue weighted by Gasteiger charge is -2.02. The van der Waals surface area contributed by atoms with Gasteiger partial charge in [0, 0.05) is 12.1 Å². The van der Waals surface area contributed by atoms with E-state index in [2.05, 4.69) is 9.88 Å². The number of hydrogen-bond acceptors (Lipinski definition) is 6. The van der Waals surface area contributed by atoms with Crippen LogP contribution in [0.5, 0.6) is 0 Å². The molecule has 20 heavy (non-hydrogen) atoms. The minimum atomic E-state index is -3.88. The van der Waals surface area contributed by atoms with Crippen molar-refractivity contribution in [3.63, 3.8) is 0 Å². The number of sulfonamides is 1. The van der Waals surface area contributed by atoms with Gasteiger partial charge in [-0.1, -0.05) is 5.16 Å². The minimum Gasteiger partial charge on any atom is -0.475 e. The number of aryl methyl sites for hydroxylation is 2. The fourth-order valence-corrected chi connectivity index (χ4v) is 2.76. The number of carboxylic acids is 1. The normalized spacial score (nSPS) is 11.7. The zero-order valence-electron chi connectivity index (χ0n) is 10.7. The molecule has 0 bridgehead atoms. The van der Waals surface area contributed by atoms with Crippen LogP contribution in [0, 0.1) is 13.8 Å². The van der Waals surface area contributed by atoms with Crippen LogP contribution in [0.15, 0.2) is 26.0 Å². The molecule has 0 atom stereocenters. The van der Waals surface area contributed by atoms with Crippen molar-refractivity contribution in [1.29, 1.82) is 0 Å². The van der Waals surface area contributed by atoms with Crippen LogP contribution in [-0.2, 0) is 16.6 Å². The van der Waals surface area contributed by atoms with Gasteiger partial charge in [0.25, 0.3) is 0 Å². The molecule has 2 aromatic rings. The van der Waals surface area contributed by atoms with Crippen LogP contribution < -0.4 is 4.72 Å². The van der Waals surface area contributed by atoms with Gasteiger partial charge >= 0.3 is 5.97 Å². The maximum Gasteiger partial charge on any atom is 0.371 e. The number of nitrogens with zero attached hydrogens (tertiary/aromatic N) is 1. The third kappa shape index (κ3) is 2.89. The fraction of sp³-hybridized carbons (Fsp3) is 0.273. The van der Waals surface area contributed by atoms with Gasteiger partial charge in [-0.25, -0.2) is 17.9 Å². The standard InChI is InChI=1S/C11H12N2O6S/c1-6-3-8(13-19-6)5-12-20(16,17)10-4-9(11(14)15)18-7(10)2/h3-4,12H,5H2,1-2H3,(H,14,15). The van der Waals surface area contributed by atoms with Crippen molar-refractivity contribution >= 4 is 16.0 Å². The maximum atomic E-state index is 12.0. The SMILES string of the molecule is Cc1cc(CNS(=O)(=O)c2cc(C(=O)O)oc2C)no1. The van der Waals surface area contributed by atoms with Gasteiger partial charge in [0.2, 0.25) is 15.8 Å². The largest absolute Gasteiger partial charge is 0.475 e. The molecular formula is C11H12N2O6S. The van der Waals surface area contributed by atoms with E-state index in [9.17, 15) is 13.2 Å². The quantitative estimate of drug-likeness (QED) is 0.846. The first kappa shape index (κ1) is 14.3. The summed E-state index contributed by atoms with van der Waals surface area (Å²) in [6, 6.07) is 2.56. The average molecular weight is 300 g/mol. The Balaban J connectivity index is 2.20. The molecule has 2 rings (SSSR count). The van der Waals surface area contributed by atoms with Gasteiger partial charge in [-0.2, -0.15) is 0 Å². The molecule has 0 saturated heterocycles. The zero-order valence-corrected chi connectivity index (χ0v) is 11.5. The van der Waals surface area contributed by atoms with E-state index in [1.54, 1.807) is 13.0 Å². The van der Waals surface area contributed by atoms with E-state index in [1.165, 1.54) is 6.92 Å². The van der Waals surface area contributed by atoms with Gasteiger partial charge < -0.3 is 14.0 Å². The maximum absolute atomic E-state index is 12.0. The second-order valence-corrected chi connectivity index (χ2v) is 5.83. The summed E-state index contributed by atoms with van der Waals surface area (Å²) in [5.74, 6) is -1.19. The van der Waals surface area contributed by atoms with E-state index < -0.39 is 21.8 Å². The summed E-state index contributed by atoms with van der Waals surface area (Å²) in [5.41, 5.74) is 0.422. The third-order valence-electron chi connectivity index (χ3n) is 2.49.